The third kappa shape index (κ3) is 4.81. The normalized spacial score (nSPS) is 12.3. The number of aromatic nitrogens is 3. The van der Waals surface area contributed by atoms with Crippen molar-refractivity contribution in [3.63, 3.8) is 0 Å². The summed E-state index contributed by atoms with van der Waals surface area (Å²) < 4.78 is 4.81. The molecule has 3 nitrogen and oxygen atoms in total. The molecule has 1 aliphatic heterocycles. The number of hydrogen-bond acceptors (Lipinski definition) is 2. The number of hydrogen-bond donors (Lipinski definition) is 0. The van der Waals surface area contributed by atoms with E-state index in [1.165, 1.54) is 86.5 Å². The van der Waals surface area contributed by atoms with Crippen molar-refractivity contribution in [3.05, 3.63) is 200 Å². The van der Waals surface area contributed by atoms with Gasteiger partial charge in [0.25, 0.3) is 0 Å². The van der Waals surface area contributed by atoms with Crippen molar-refractivity contribution < 1.29 is 0 Å². The van der Waals surface area contributed by atoms with Gasteiger partial charge < -0.3 is 4.57 Å². The van der Waals surface area contributed by atoms with Crippen LogP contribution in [-0.4, -0.2) is 14.1 Å². The molecule has 13 rings (SSSR count). The Bertz CT molecular complexity index is 3690. The maximum atomic E-state index is 5.29. The zero-order valence-corrected chi connectivity index (χ0v) is 32.6. The minimum absolute atomic E-state index is 0.912. The van der Waals surface area contributed by atoms with Crippen molar-refractivity contribution in [3.8, 4) is 44.9 Å². The predicted octanol–water partition coefficient (Wildman–Crippen LogP) is 15.0. The molecule has 3 aromatic heterocycles. The fraction of sp³-hybridized carbons (Fsp3) is 0. The van der Waals surface area contributed by atoms with Gasteiger partial charge in [0.2, 0.25) is 0 Å². The lowest BCUT2D eigenvalue weighted by Gasteiger charge is -2.21. The Hall–Kier alpha value is -7.40. The highest BCUT2D eigenvalue weighted by Gasteiger charge is 2.24. The van der Waals surface area contributed by atoms with E-state index >= 15 is 0 Å². The van der Waals surface area contributed by atoms with Crippen LogP contribution in [0.1, 0.15) is 0 Å². The highest BCUT2D eigenvalue weighted by Crippen LogP contribution is 2.51. The monoisotopic (exact) mass is 767 g/mol. The van der Waals surface area contributed by atoms with Crippen molar-refractivity contribution in [2.24, 2.45) is 0 Å². The molecule has 0 fully saturated rings. The summed E-state index contributed by atoms with van der Waals surface area (Å²) in [6, 6.07) is 73.1. The Morgan fingerprint density at radius 1 is 0.339 bits per heavy atom. The maximum Gasteiger partial charge on any atom is 0.138 e. The van der Waals surface area contributed by atoms with Gasteiger partial charge in [-0.15, -0.1) is 0 Å². The van der Waals surface area contributed by atoms with Gasteiger partial charge >= 0.3 is 0 Å². The van der Waals surface area contributed by atoms with Gasteiger partial charge in [-0.2, -0.15) is 0 Å². The smallest absolute Gasteiger partial charge is 0.138 e. The first-order chi connectivity index (χ1) is 29.3. The van der Waals surface area contributed by atoms with E-state index < -0.39 is 0 Å². The van der Waals surface area contributed by atoms with Crippen molar-refractivity contribution in [1.82, 2.24) is 14.1 Å². The van der Waals surface area contributed by atoms with E-state index in [9.17, 15) is 0 Å². The Morgan fingerprint density at radius 2 is 1.03 bits per heavy atom. The van der Waals surface area contributed by atoms with Gasteiger partial charge in [-0.3, -0.25) is 4.57 Å². The van der Waals surface area contributed by atoms with Gasteiger partial charge in [0.1, 0.15) is 5.82 Å². The predicted molar refractivity (Wildman–Crippen MR) is 248 cm³/mol. The van der Waals surface area contributed by atoms with E-state index in [0.29, 0.717) is 0 Å². The summed E-state index contributed by atoms with van der Waals surface area (Å²) >= 11 is 1.88. The second-order valence-corrected chi connectivity index (χ2v) is 16.6. The van der Waals surface area contributed by atoms with E-state index in [1.807, 2.05) is 11.8 Å². The Labute approximate surface area is 344 Å². The number of fused-ring (bicyclic) bond motifs is 10. The van der Waals surface area contributed by atoms with Crippen LogP contribution in [0.4, 0.5) is 0 Å². The number of rotatable bonds is 4. The molecule has 12 aromatic rings. The summed E-state index contributed by atoms with van der Waals surface area (Å²) in [6.45, 7) is 0. The summed E-state index contributed by atoms with van der Waals surface area (Å²) in [5.74, 6) is 0.912. The van der Waals surface area contributed by atoms with E-state index in [1.54, 1.807) is 0 Å². The van der Waals surface area contributed by atoms with Gasteiger partial charge in [-0.1, -0.05) is 145 Å². The minimum Gasteiger partial charge on any atom is -0.309 e. The molecule has 4 heteroatoms. The molecule has 4 heterocycles. The van der Waals surface area contributed by atoms with E-state index in [0.717, 1.165) is 33.4 Å². The van der Waals surface area contributed by atoms with Gasteiger partial charge in [0, 0.05) is 47.8 Å². The molecule has 1 aliphatic rings. The number of para-hydroxylation sites is 3. The Kier molecular flexibility index (Phi) is 6.95. The lowest BCUT2D eigenvalue weighted by atomic mass is 9.94. The molecule has 274 valence electrons. The number of benzene rings is 9. The summed E-state index contributed by atoms with van der Waals surface area (Å²) in [5.41, 5.74) is 14.2. The van der Waals surface area contributed by atoms with Gasteiger partial charge in [-0.25, -0.2) is 4.98 Å². The van der Waals surface area contributed by atoms with Crippen LogP contribution in [0.15, 0.2) is 210 Å². The third-order valence-corrected chi connectivity index (χ3v) is 13.4. The van der Waals surface area contributed by atoms with Crippen LogP contribution in [0.2, 0.25) is 0 Å². The zero-order valence-electron chi connectivity index (χ0n) is 31.8. The highest BCUT2D eigenvalue weighted by atomic mass is 32.2. The van der Waals surface area contributed by atoms with Crippen LogP contribution in [-0.2, 0) is 0 Å². The molecule has 59 heavy (non-hydrogen) atoms. The second kappa shape index (κ2) is 12.5. The second-order valence-electron chi connectivity index (χ2n) is 15.5. The molecule has 0 amide bonds. The first-order valence-corrected chi connectivity index (χ1v) is 20.9. The molecule has 0 unspecified atom stereocenters. The van der Waals surface area contributed by atoms with E-state index in [4.69, 9.17) is 4.98 Å². The first-order valence-electron chi connectivity index (χ1n) is 20.1. The SMILES string of the molecule is c1ccc(-c2cc(-n3c4ccccc4c4cc(-c5ccc6c7c8cccc9c8c(cc7n(-c7ccccc7)c6c5)-c5ccccc5S9)ccc43)nc3ccccc23)cc1. The molecular formula is C55H33N3S. The summed E-state index contributed by atoms with van der Waals surface area (Å²) in [4.78, 5) is 7.92. The van der Waals surface area contributed by atoms with Crippen LogP contribution in [0, 0.1) is 0 Å². The van der Waals surface area contributed by atoms with Crippen LogP contribution in [0.25, 0.3) is 110 Å². The molecule has 9 aromatic carbocycles. The molecule has 0 saturated heterocycles. The topological polar surface area (TPSA) is 22.8 Å². The average molecular weight is 768 g/mol. The van der Waals surface area contributed by atoms with Gasteiger partial charge in [0.05, 0.1) is 27.6 Å². The van der Waals surface area contributed by atoms with Crippen LogP contribution >= 0.6 is 11.8 Å². The van der Waals surface area contributed by atoms with Crippen LogP contribution in [0.5, 0.6) is 0 Å². The van der Waals surface area contributed by atoms with Crippen molar-refractivity contribution in [2.75, 3.05) is 0 Å². The van der Waals surface area contributed by atoms with Crippen LogP contribution in [0.3, 0.4) is 0 Å². The minimum atomic E-state index is 0.912. The highest BCUT2D eigenvalue weighted by molar-refractivity contribution is 7.99. The molecular weight excluding hydrogens is 735 g/mol. The van der Waals surface area contributed by atoms with Gasteiger partial charge in [0.15, 0.2) is 0 Å². The van der Waals surface area contributed by atoms with Crippen molar-refractivity contribution >= 4 is 77.0 Å². The average Bonchev–Trinajstić information content (AvgIpc) is 3.81. The molecule has 0 aliphatic carbocycles. The molecule has 0 radical (unpaired) electrons. The van der Waals surface area contributed by atoms with E-state index in [2.05, 4.69) is 209 Å². The van der Waals surface area contributed by atoms with Gasteiger partial charge in [-0.05, 0) is 105 Å². The van der Waals surface area contributed by atoms with E-state index in [-0.39, 0.29) is 0 Å². The fourth-order valence-corrected chi connectivity index (χ4v) is 10.9. The standard InChI is InChI=1S/C55H33N3S/c1-3-14-34(15-4-1)43-33-53(56-46-22-10-7-18-38(43)46)58-47-23-11-8-19-39(47)44-30-35(27-29-48(44)58)36-26-28-41-49(31-36)57(37-16-5-2-6-17-37)50-32-45-40-20-9-12-24-51(40)59-52-25-13-21-42(54(41)50)55(45)52/h1-33H. The lowest BCUT2D eigenvalue weighted by molar-refractivity contribution is 1.10. The quantitative estimate of drug-likeness (QED) is 0.178. The molecule has 0 atom stereocenters. The summed E-state index contributed by atoms with van der Waals surface area (Å²) in [6.07, 6.45) is 0. The fourth-order valence-electron chi connectivity index (χ4n) is 9.71. The Balaban J connectivity index is 1.05. The zero-order chi connectivity index (χ0) is 38.6. The van der Waals surface area contributed by atoms with Crippen molar-refractivity contribution in [1.29, 1.82) is 0 Å². The van der Waals surface area contributed by atoms with Crippen LogP contribution < -0.4 is 0 Å². The van der Waals surface area contributed by atoms with Crippen molar-refractivity contribution in [2.45, 2.75) is 9.79 Å². The molecule has 0 saturated carbocycles. The number of nitrogens with zero attached hydrogens (tertiary/aromatic N) is 3. The summed E-state index contributed by atoms with van der Waals surface area (Å²) in [7, 11) is 0. The maximum absolute atomic E-state index is 5.29. The number of pyridine rings is 1. The molecule has 0 spiro atoms. The summed E-state index contributed by atoms with van der Waals surface area (Å²) in [5, 5.41) is 8.76. The molecule has 0 bridgehead atoms. The largest absolute Gasteiger partial charge is 0.309 e. The first kappa shape index (κ1) is 32.7. The third-order valence-electron chi connectivity index (χ3n) is 12.3. The lowest BCUT2D eigenvalue weighted by Crippen LogP contribution is -1.99. The molecule has 0 N–H and O–H groups in total. The Morgan fingerprint density at radius 3 is 1.93 bits per heavy atom.